The molecule has 0 aliphatic heterocycles. The highest BCUT2D eigenvalue weighted by molar-refractivity contribution is 7.98. The summed E-state index contributed by atoms with van der Waals surface area (Å²) < 4.78 is 16.2. The standard InChI is InChI=1S/C13H12FN5OS/c1-18-12(20)15-16-13(18)21-8-10-5-6-19(17-10)11-4-2-3-9(14)7-11/h2-7H,8H2,1H3,(H,15,20). The predicted octanol–water partition coefficient (Wildman–Crippen LogP) is 1.73. The van der Waals surface area contributed by atoms with Crippen molar-refractivity contribution in [3.63, 3.8) is 0 Å². The highest BCUT2D eigenvalue weighted by Gasteiger charge is 2.07. The van der Waals surface area contributed by atoms with Crippen LogP contribution in [-0.4, -0.2) is 24.5 Å². The Labute approximate surface area is 123 Å². The average Bonchev–Trinajstić information content (AvgIpc) is 3.06. The van der Waals surface area contributed by atoms with Gasteiger partial charge in [-0.1, -0.05) is 17.8 Å². The highest BCUT2D eigenvalue weighted by atomic mass is 32.2. The molecule has 0 atom stereocenters. The first kappa shape index (κ1) is 13.6. The molecule has 0 bridgehead atoms. The Kier molecular flexibility index (Phi) is 3.61. The first-order chi connectivity index (χ1) is 10.1. The van der Waals surface area contributed by atoms with E-state index in [2.05, 4.69) is 15.3 Å². The third-order valence-electron chi connectivity index (χ3n) is 2.90. The number of nitrogens with one attached hydrogen (secondary N) is 1. The molecule has 3 rings (SSSR count). The number of nitrogens with zero attached hydrogens (tertiary/aromatic N) is 4. The maximum atomic E-state index is 13.2. The largest absolute Gasteiger partial charge is 0.343 e. The maximum Gasteiger partial charge on any atom is 0.343 e. The Bertz CT molecular complexity index is 822. The van der Waals surface area contributed by atoms with E-state index in [9.17, 15) is 9.18 Å². The molecule has 0 fully saturated rings. The fourth-order valence-corrected chi connectivity index (χ4v) is 2.62. The van der Waals surface area contributed by atoms with E-state index in [1.54, 1.807) is 30.1 Å². The van der Waals surface area contributed by atoms with Gasteiger partial charge in [-0.15, -0.1) is 5.10 Å². The lowest BCUT2D eigenvalue weighted by molar-refractivity contribution is 0.625. The fourth-order valence-electron chi connectivity index (χ4n) is 1.80. The number of H-pyrrole nitrogens is 1. The van der Waals surface area contributed by atoms with Crippen LogP contribution in [0.2, 0.25) is 0 Å². The first-order valence-electron chi connectivity index (χ1n) is 6.18. The molecule has 2 aromatic heterocycles. The van der Waals surface area contributed by atoms with Gasteiger partial charge in [-0.2, -0.15) is 5.10 Å². The van der Waals surface area contributed by atoms with E-state index < -0.39 is 0 Å². The topological polar surface area (TPSA) is 68.5 Å². The smallest absolute Gasteiger partial charge is 0.273 e. The Morgan fingerprint density at radius 3 is 2.95 bits per heavy atom. The van der Waals surface area contributed by atoms with Crippen molar-refractivity contribution in [2.45, 2.75) is 10.9 Å². The van der Waals surface area contributed by atoms with Crippen LogP contribution >= 0.6 is 11.8 Å². The summed E-state index contributed by atoms with van der Waals surface area (Å²) >= 11 is 1.40. The number of hydrogen-bond donors (Lipinski definition) is 1. The van der Waals surface area contributed by atoms with Gasteiger partial charge in [0.15, 0.2) is 5.16 Å². The van der Waals surface area contributed by atoms with Crippen LogP contribution in [-0.2, 0) is 12.8 Å². The van der Waals surface area contributed by atoms with Gasteiger partial charge in [0.05, 0.1) is 11.4 Å². The van der Waals surface area contributed by atoms with Crippen LogP contribution in [0.4, 0.5) is 4.39 Å². The van der Waals surface area contributed by atoms with Crippen LogP contribution in [0.3, 0.4) is 0 Å². The van der Waals surface area contributed by atoms with Crippen molar-refractivity contribution < 1.29 is 4.39 Å². The second-order valence-electron chi connectivity index (χ2n) is 4.39. The van der Waals surface area contributed by atoms with Gasteiger partial charge in [0.2, 0.25) is 0 Å². The quantitative estimate of drug-likeness (QED) is 0.745. The zero-order valence-electron chi connectivity index (χ0n) is 11.2. The third kappa shape index (κ3) is 2.89. The molecule has 0 amide bonds. The molecule has 0 aliphatic rings. The van der Waals surface area contributed by atoms with Crippen molar-refractivity contribution in [2.75, 3.05) is 0 Å². The molecule has 1 aromatic carbocycles. The Balaban J connectivity index is 1.74. The number of thioether (sulfide) groups is 1. The molecular weight excluding hydrogens is 293 g/mol. The molecule has 0 saturated carbocycles. The Morgan fingerprint density at radius 1 is 1.38 bits per heavy atom. The molecule has 3 aromatic rings. The van der Waals surface area contributed by atoms with Crippen LogP contribution in [0.25, 0.3) is 5.69 Å². The van der Waals surface area contributed by atoms with Crippen LogP contribution in [0, 0.1) is 5.82 Å². The summed E-state index contributed by atoms with van der Waals surface area (Å²) in [4.78, 5) is 11.2. The number of hydrogen-bond acceptors (Lipinski definition) is 4. The SMILES string of the molecule is Cn1c(SCc2ccn(-c3cccc(F)c3)n2)n[nH]c1=O. The summed E-state index contributed by atoms with van der Waals surface area (Å²) in [6, 6.07) is 8.08. The summed E-state index contributed by atoms with van der Waals surface area (Å²) in [5.41, 5.74) is 1.24. The number of benzene rings is 1. The third-order valence-corrected chi connectivity index (χ3v) is 3.97. The molecule has 108 valence electrons. The van der Waals surface area contributed by atoms with Gasteiger partial charge < -0.3 is 0 Å². The van der Waals surface area contributed by atoms with Crippen LogP contribution in [0.1, 0.15) is 5.69 Å². The van der Waals surface area contributed by atoms with Gasteiger partial charge in [0, 0.05) is 19.0 Å². The van der Waals surface area contributed by atoms with E-state index in [0.29, 0.717) is 16.6 Å². The minimum Gasteiger partial charge on any atom is -0.273 e. The average molecular weight is 305 g/mol. The van der Waals surface area contributed by atoms with Crippen molar-refractivity contribution in [3.8, 4) is 5.69 Å². The van der Waals surface area contributed by atoms with E-state index in [1.807, 2.05) is 6.07 Å². The van der Waals surface area contributed by atoms with Gasteiger partial charge in [-0.25, -0.2) is 19.0 Å². The first-order valence-corrected chi connectivity index (χ1v) is 7.17. The van der Waals surface area contributed by atoms with Crippen molar-refractivity contribution in [3.05, 3.63) is 58.5 Å². The summed E-state index contributed by atoms with van der Waals surface area (Å²) in [7, 11) is 1.65. The number of halogens is 1. The molecule has 6 nitrogen and oxygen atoms in total. The summed E-state index contributed by atoms with van der Waals surface area (Å²) in [5, 5.41) is 11.3. The van der Waals surface area contributed by atoms with E-state index in [0.717, 1.165) is 5.69 Å². The van der Waals surface area contributed by atoms with Gasteiger partial charge in [0.1, 0.15) is 5.82 Å². The molecule has 21 heavy (non-hydrogen) atoms. The Morgan fingerprint density at radius 2 is 2.24 bits per heavy atom. The van der Waals surface area contributed by atoms with Gasteiger partial charge in [0.25, 0.3) is 0 Å². The predicted molar refractivity (Wildman–Crippen MR) is 76.9 cm³/mol. The zero-order valence-corrected chi connectivity index (χ0v) is 12.0. The number of aromatic nitrogens is 5. The van der Waals surface area contributed by atoms with Crippen molar-refractivity contribution in [2.24, 2.45) is 7.05 Å². The molecule has 0 aliphatic carbocycles. The summed E-state index contributed by atoms with van der Waals surface area (Å²) in [5.74, 6) is 0.269. The molecule has 2 heterocycles. The Hall–Kier alpha value is -2.35. The molecule has 0 unspecified atom stereocenters. The van der Waals surface area contributed by atoms with Crippen molar-refractivity contribution in [1.82, 2.24) is 24.5 Å². The lowest BCUT2D eigenvalue weighted by atomic mass is 10.3. The molecule has 0 saturated heterocycles. The minimum absolute atomic E-state index is 0.247. The molecule has 0 spiro atoms. The second-order valence-corrected chi connectivity index (χ2v) is 5.33. The summed E-state index contributed by atoms with van der Waals surface area (Å²) in [6.07, 6.45) is 1.77. The van der Waals surface area contributed by atoms with E-state index in [-0.39, 0.29) is 11.5 Å². The minimum atomic E-state index is -0.301. The molecule has 8 heteroatoms. The van der Waals surface area contributed by atoms with Gasteiger partial charge in [-0.05, 0) is 24.3 Å². The molecule has 0 radical (unpaired) electrons. The normalized spacial score (nSPS) is 11.0. The van der Waals surface area contributed by atoms with E-state index >= 15 is 0 Å². The van der Waals surface area contributed by atoms with Crippen LogP contribution < -0.4 is 5.69 Å². The number of aromatic amines is 1. The van der Waals surface area contributed by atoms with E-state index in [1.165, 1.54) is 28.5 Å². The second kappa shape index (κ2) is 5.57. The van der Waals surface area contributed by atoms with Gasteiger partial charge in [-0.3, -0.25) is 4.57 Å². The van der Waals surface area contributed by atoms with Crippen LogP contribution in [0.5, 0.6) is 0 Å². The number of rotatable bonds is 4. The lowest BCUT2D eigenvalue weighted by Crippen LogP contribution is -2.12. The zero-order chi connectivity index (χ0) is 14.8. The highest BCUT2D eigenvalue weighted by Crippen LogP contribution is 2.18. The van der Waals surface area contributed by atoms with E-state index in [4.69, 9.17) is 0 Å². The fraction of sp³-hybridized carbons (Fsp3) is 0.154. The lowest BCUT2D eigenvalue weighted by Gasteiger charge is -2.01. The maximum absolute atomic E-state index is 13.2. The van der Waals surface area contributed by atoms with Gasteiger partial charge >= 0.3 is 5.69 Å². The van der Waals surface area contributed by atoms with Crippen LogP contribution in [0.15, 0.2) is 46.5 Å². The molecular formula is C13H12FN5OS. The summed E-state index contributed by atoms with van der Waals surface area (Å²) in [6.45, 7) is 0. The monoisotopic (exact) mass is 305 g/mol. The van der Waals surface area contributed by atoms with Crippen molar-refractivity contribution >= 4 is 11.8 Å². The van der Waals surface area contributed by atoms with Crippen molar-refractivity contribution in [1.29, 1.82) is 0 Å². The molecule has 1 N–H and O–H groups in total.